The summed E-state index contributed by atoms with van der Waals surface area (Å²) < 4.78 is 5.80. The van der Waals surface area contributed by atoms with E-state index in [2.05, 4.69) is 32.6 Å². The molecule has 1 aliphatic heterocycles. The standard InChI is InChI=1S/C24H31NO2/c1-18(2)14-19(3)22(15-20-10-6-4-7-11-20)23-17-25(24(26)27-23)16-21-12-8-5-9-13-21/h5,8-9,12-13,15,20,23H,4,6-7,10-11,16-17H2,1-3H3/b22-15-/t23-/m0/s1. The van der Waals surface area contributed by atoms with Gasteiger partial charge in [0.2, 0.25) is 0 Å². The van der Waals surface area contributed by atoms with Gasteiger partial charge in [0.25, 0.3) is 0 Å². The van der Waals surface area contributed by atoms with Crippen LogP contribution in [-0.2, 0) is 11.3 Å². The van der Waals surface area contributed by atoms with Gasteiger partial charge in [-0.3, -0.25) is 4.90 Å². The van der Waals surface area contributed by atoms with Gasteiger partial charge in [0.05, 0.1) is 6.54 Å². The van der Waals surface area contributed by atoms with Crippen LogP contribution in [0.3, 0.4) is 0 Å². The number of carbonyl (C=O) groups excluding carboxylic acids is 1. The number of nitrogens with zero attached hydrogens (tertiary/aromatic N) is 1. The molecule has 3 nitrogen and oxygen atoms in total. The van der Waals surface area contributed by atoms with Crippen LogP contribution < -0.4 is 0 Å². The Morgan fingerprint density at radius 2 is 1.85 bits per heavy atom. The zero-order chi connectivity index (χ0) is 19.2. The monoisotopic (exact) mass is 365 g/mol. The maximum Gasteiger partial charge on any atom is 0.410 e. The second-order valence-corrected chi connectivity index (χ2v) is 8.01. The van der Waals surface area contributed by atoms with E-state index in [1.165, 1.54) is 32.1 Å². The van der Waals surface area contributed by atoms with Crippen LogP contribution in [0.15, 0.2) is 58.9 Å². The molecule has 1 saturated carbocycles. The van der Waals surface area contributed by atoms with Crippen molar-refractivity contribution in [1.29, 1.82) is 0 Å². The number of amides is 1. The van der Waals surface area contributed by atoms with Crippen molar-refractivity contribution in [1.82, 2.24) is 4.90 Å². The molecule has 27 heavy (non-hydrogen) atoms. The van der Waals surface area contributed by atoms with Crippen molar-refractivity contribution in [2.75, 3.05) is 6.54 Å². The molecule has 2 aliphatic rings. The molecule has 0 radical (unpaired) electrons. The van der Waals surface area contributed by atoms with Crippen molar-refractivity contribution < 1.29 is 9.53 Å². The second-order valence-electron chi connectivity index (χ2n) is 8.01. The molecule has 1 aliphatic carbocycles. The van der Waals surface area contributed by atoms with Gasteiger partial charge < -0.3 is 4.74 Å². The third-order valence-corrected chi connectivity index (χ3v) is 5.39. The first-order valence-electron chi connectivity index (χ1n) is 10.1. The van der Waals surface area contributed by atoms with Crippen molar-refractivity contribution in [2.45, 2.75) is 65.5 Å². The Labute approximate surface area is 163 Å². The second kappa shape index (κ2) is 9.10. The molecular weight excluding hydrogens is 334 g/mol. The highest BCUT2D eigenvalue weighted by molar-refractivity contribution is 5.71. The number of hydrogen-bond donors (Lipinski definition) is 0. The number of rotatable bonds is 5. The van der Waals surface area contributed by atoms with E-state index in [-0.39, 0.29) is 12.2 Å². The van der Waals surface area contributed by atoms with Gasteiger partial charge in [-0.15, -0.1) is 5.73 Å². The Kier molecular flexibility index (Phi) is 6.58. The maximum absolute atomic E-state index is 12.5. The van der Waals surface area contributed by atoms with Crippen molar-refractivity contribution in [3.63, 3.8) is 0 Å². The lowest BCUT2D eigenvalue weighted by molar-refractivity contribution is 0.142. The summed E-state index contributed by atoms with van der Waals surface area (Å²) in [7, 11) is 0. The molecule has 0 bridgehead atoms. The van der Waals surface area contributed by atoms with Crippen LogP contribution in [0.5, 0.6) is 0 Å². The van der Waals surface area contributed by atoms with E-state index < -0.39 is 0 Å². The molecule has 2 fully saturated rings. The van der Waals surface area contributed by atoms with Crippen LogP contribution in [0, 0.1) is 5.92 Å². The Hall–Kier alpha value is -2.25. The number of cyclic esters (lactones) is 1. The van der Waals surface area contributed by atoms with Crippen LogP contribution in [0.25, 0.3) is 0 Å². The Morgan fingerprint density at radius 1 is 1.15 bits per heavy atom. The number of benzene rings is 1. The number of allylic oxidation sites excluding steroid dienone is 1. The third kappa shape index (κ3) is 5.37. The number of ether oxygens (including phenoxy) is 1. The molecule has 1 atom stereocenters. The van der Waals surface area contributed by atoms with Gasteiger partial charge in [0.1, 0.15) is 6.10 Å². The lowest BCUT2D eigenvalue weighted by Crippen LogP contribution is -2.25. The fourth-order valence-corrected chi connectivity index (χ4v) is 4.08. The van der Waals surface area contributed by atoms with E-state index in [0.29, 0.717) is 19.0 Å². The summed E-state index contributed by atoms with van der Waals surface area (Å²) in [5, 5.41) is 0. The summed E-state index contributed by atoms with van der Waals surface area (Å²) in [5.74, 6) is 0.588. The predicted octanol–water partition coefficient (Wildman–Crippen LogP) is 6.03. The highest BCUT2D eigenvalue weighted by Crippen LogP contribution is 2.31. The minimum absolute atomic E-state index is 0.199. The normalized spacial score (nSPS) is 21.0. The molecule has 1 heterocycles. The molecule has 0 aromatic heterocycles. The summed E-state index contributed by atoms with van der Waals surface area (Å²) in [6, 6.07) is 10.1. The quantitative estimate of drug-likeness (QED) is 0.471. The Bertz CT molecular complexity index is 746. The highest BCUT2D eigenvalue weighted by atomic mass is 16.6. The number of carbonyl (C=O) groups is 1. The van der Waals surface area contributed by atoms with Gasteiger partial charge in [-0.25, -0.2) is 4.79 Å². The van der Waals surface area contributed by atoms with Crippen LogP contribution in [-0.4, -0.2) is 23.6 Å². The SMILES string of the molecule is CC(C)=C=C(C)/C(=C/C1CCCCC1)[C@@H]1CN(Cc2ccccc2)C(=O)O1. The van der Waals surface area contributed by atoms with E-state index >= 15 is 0 Å². The first-order valence-corrected chi connectivity index (χ1v) is 10.1. The molecule has 1 saturated heterocycles. The maximum atomic E-state index is 12.5. The Morgan fingerprint density at radius 3 is 2.52 bits per heavy atom. The fraction of sp³-hybridized carbons (Fsp3) is 0.500. The highest BCUT2D eigenvalue weighted by Gasteiger charge is 2.34. The van der Waals surface area contributed by atoms with E-state index in [4.69, 9.17) is 4.74 Å². The average molecular weight is 366 g/mol. The van der Waals surface area contributed by atoms with Crippen molar-refractivity contribution in [3.8, 4) is 0 Å². The van der Waals surface area contributed by atoms with Crippen molar-refractivity contribution >= 4 is 6.09 Å². The smallest absolute Gasteiger partial charge is 0.410 e. The Balaban J connectivity index is 1.81. The van der Waals surface area contributed by atoms with Crippen LogP contribution in [0.4, 0.5) is 4.79 Å². The largest absolute Gasteiger partial charge is 0.439 e. The third-order valence-electron chi connectivity index (χ3n) is 5.39. The van der Waals surface area contributed by atoms with Gasteiger partial charge in [-0.2, -0.15) is 0 Å². The zero-order valence-electron chi connectivity index (χ0n) is 16.8. The summed E-state index contributed by atoms with van der Waals surface area (Å²) in [5.41, 5.74) is 7.96. The van der Waals surface area contributed by atoms with Gasteiger partial charge in [0, 0.05) is 12.1 Å². The lowest BCUT2D eigenvalue weighted by atomic mass is 9.86. The van der Waals surface area contributed by atoms with Gasteiger partial charge in [-0.05, 0) is 56.2 Å². The average Bonchev–Trinajstić information content (AvgIpc) is 3.01. The first-order chi connectivity index (χ1) is 13.0. The molecule has 0 unspecified atom stereocenters. The molecule has 1 aromatic rings. The van der Waals surface area contributed by atoms with Crippen LogP contribution in [0.2, 0.25) is 0 Å². The molecule has 1 aromatic carbocycles. The van der Waals surface area contributed by atoms with E-state index in [1.807, 2.05) is 35.2 Å². The van der Waals surface area contributed by atoms with E-state index in [0.717, 1.165) is 22.3 Å². The van der Waals surface area contributed by atoms with E-state index in [1.54, 1.807) is 0 Å². The lowest BCUT2D eigenvalue weighted by Gasteiger charge is -2.22. The molecule has 144 valence electrons. The van der Waals surface area contributed by atoms with Crippen molar-refractivity contribution in [3.05, 3.63) is 64.4 Å². The zero-order valence-corrected chi connectivity index (χ0v) is 16.8. The van der Waals surface area contributed by atoms with E-state index in [9.17, 15) is 4.79 Å². The molecule has 1 amide bonds. The minimum atomic E-state index is -0.219. The minimum Gasteiger partial charge on any atom is -0.439 e. The van der Waals surface area contributed by atoms with Gasteiger partial charge in [0.15, 0.2) is 0 Å². The molecule has 3 rings (SSSR count). The fourth-order valence-electron chi connectivity index (χ4n) is 4.08. The summed E-state index contributed by atoms with van der Waals surface area (Å²) in [6.45, 7) is 7.41. The summed E-state index contributed by atoms with van der Waals surface area (Å²) in [4.78, 5) is 14.3. The predicted molar refractivity (Wildman–Crippen MR) is 109 cm³/mol. The first kappa shape index (κ1) is 19.5. The van der Waals surface area contributed by atoms with Crippen LogP contribution >= 0.6 is 0 Å². The molecular formula is C24H31NO2. The van der Waals surface area contributed by atoms with Crippen LogP contribution in [0.1, 0.15) is 58.4 Å². The topological polar surface area (TPSA) is 29.5 Å². The molecule has 0 spiro atoms. The molecule has 0 N–H and O–H groups in total. The summed E-state index contributed by atoms with van der Waals surface area (Å²) in [6.07, 6.45) is 8.35. The van der Waals surface area contributed by atoms with Gasteiger partial charge in [-0.1, -0.05) is 55.7 Å². The number of hydrogen-bond acceptors (Lipinski definition) is 2. The molecule has 3 heteroatoms. The van der Waals surface area contributed by atoms with Gasteiger partial charge >= 0.3 is 6.09 Å². The van der Waals surface area contributed by atoms with Crippen molar-refractivity contribution in [2.24, 2.45) is 5.92 Å². The summed E-state index contributed by atoms with van der Waals surface area (Å²) >= 11 is 0.